The molecule has 2 aliphatic rings. The summed E-state index contributed by atoms with van der Waals surface area (Å²) in [5.41, 5.74) is 1.44. The fourth-order valence-corrected chi connectivity index (χ4v) is 4.96. The number of fused-ring (bicyclic) bond motifs is 3. The summed E-state index contributed by atoms with van der Waals surface area (Å²) >= 11 is 0. The second-order valence-electron chi connectivity index (χ2n) is 8.00. The lowest BCUT2D eigenvalue weighted by molar-refractivity contribution is -0.126. The largest absolute Gasteiger partial charge is 0.496 e. The summed E-state index contributed by atoms with van der Waals surface area (Å²) in [5.74, 6) is 1.33. The maximum atomic E-state index is 13.2. The molecular formula is C24H23N3O3. The van der Waals surface area contributed by atoms with E-state index in [4.69, 9.17) is 9.72 Å². The number of benzene rings is 2. The average Bonchev–Trinajstić information content (AvgIpc) is 3.39. The van der Waals surface area contributed by atoms with Crippen LogP contribution < -0.4 is 15.6 Å². The van der Waals surface area contributed by atoms with E-state index in [1.165, 1.54) is 0 Å². The van der Waals surface area contributed by atoms with Gasteiger partial charge in [-0.2, -0.15) is 0 Å². The number of carbonyl (C=O) groups is 1. The standard InChI is InChI=1S/C24H23N3O3/c1-30-19-9-5-2-6-16(19)13-25-24(29)21-15-11-10-14(12-15)20(21)22-26-18-8-4-3-7-17(18)23(28)27-22/h2-11,14-15,20-21H,12-13H2,1H3,(H,25,29)(H,26,27,28)/t14-,15+,20-,21+/m0/s1. The fourth-order valence-electron chi connectivity index (χ4n) is 4.96. The second kappa shape index (κ2) is 7.44. The number of aromatic nitrogens is 2. The van der Waals surface area contributed by atoms with Gasteiger partial charge in [0.2, 0.25) is 5.91 Å². The van der Waals surface area contributed by atoms with Crippen LogP contribution in [-0.4, -0.2) is 23.0 Å². The minimum Gasteiger partial charge on any atom is -0.496 e. The molecule has 30 heavy (non-hydrogen) atoms. The molecule has 6 heteroatoms. The number of hydrogen-bond donors (Lipinski definition) is 2. The zero-order chi connectivity index (χ0) is 20.7. The van der Waals surface area contributed by atoms with Gasteiger partial charge in [-0.1, -0.05) is 42.5 Å². The maximum absolute atomic E-state index is 13.2. The molecule has 2 bridgehead atoms. The van der Waals surface area contributed by atoms with Crippen molar-refractivity contribution in [2.24, 2.45) is 17.8 Å². The van der Waals surface area contributed by atoms with Gasteiger partial charge >= 0.3 is 0 Å². The molecule has 0 saturated heterocycles. The number of nitrogens with zero attached hydrogens (tertiary/aromatic N) is 1. The van der Waals surface area contributed by atoms with Crippen LogP contribution in [0, 0.1) is 17.8 Å². The van der Waals surface area contributed by atoms with Crippen LogP contribution in [0.2, 0.25) is 0 Å². The van der Waals surface area contributed by atoms with E-state index < -0.39 is 0 Å². The molecule has 0 aliphatic heterocycles. The Kier molecular flexibility index (Phi) is 4.62. The number of amides is 1. The molecule has 1 saturated carbocycles. The Morgan fingerprint density at radius 1 is 1.13 bits per heavy atom. The number of hydrogen-bond acceptors (Lipinski definition) is 4. The van der Waals surface area contributed by atoms with E-state index in [1.807, 2.05) is 42.5 Å². The summed E-state index contributed by atoms with van der Waals surface area (Å²) in [6, 6.07) is 15.0. The zero-order valence-corrected chi connectivity index (χ0v) is 16.7. The summed E-state index contributed by atoms with van der Waals surface area (Å²) in [4.78, 5) is 33.5. The second-order valence-corrected chi connectivity index (χ2v) is 8.00. The first kappa shape index (κ1) is 18.6. The first-order valence-electron chi connectivity index (χ1n) is 10.2. The average molecular weight is 401 g/mol. The number of allylic oxidation sites excluding steroid dienone is 2. The molecule has 6 nitrogen and oxygen atoms in total. The molecule has 1 fully saturated rings. The molecule has 1 aromatic heterocycles. The monoisotopic (exact) mass is 401 g/mol. The van der Waals surface area contributed by atoms with Gasteiger partial charge in [0.15, 0.2) is 0 Å². The van der Waals surface area contributed by atoms with Crippen molar-refractivity contribution in [2.45, 2.75) is 18.9 Å². The predicted octanol–water partition coefficient (Wildman–Crippen LogP) is 3.15. The molecule has 152 valence electrons. The summed E-state index contributed by atoms with van der Waals surface area (Å²) in [7, 11) is 1.62. The molecule has 2 N–H and O–H groups in total. The lowest BCUT2D eigenvalue weighted by Gasteiger charge is -2.26. The van der Waals surface area contributed by atoms with Crippen LogP contribution in [0.4, 0.5) is 0 Å². The van der Waals surface area contributed by atoms with Crippen molar-refractivity contribution in [3.63, 3.8) is 0 Å². The molecule has 0 unspecified atom stereocenters. The van der Waals surface area contributed by atoms with Crippen LogP contribution in [0.5, 0.6) is 5.75 Å². The van der Waals surface area contributed by atoms with Gasteiger partial charge in [-0.25, -0.2) is 4.98 Å². The van der Waals surface area contributed by atoms with Gasteiger partial charge in [0.05, 0.1) is 23.9 Å². The number of rotatable bonds is 5. The molecule has 0 spiro atoms. The van der Waals surface area contributed by atoms with Gasteiger partial charge in [-0.05, 0) is 36.5 Å². The van der Waals surface area contributed by atoms with E-state index in [-0.39, 0.29) is 35.1 Å². The summed E-state index contributed by atoms with van der Waals surface area (Å²) in [5, 5.41) is 3.65. The smallest absolute Gasteiger partial charge is 0.258 e. The Hall–Kier alpha value is -3.41. The molecule has 4 atom stereocenters. The quantitative estimate of drug-likeness (QED) is 0.644. The SMILES string of the molecule is COc1ccccc1CNC(=O)[C@H]1[C@@H](c2nc3ccccc3c(=O)[nH]2)[C@H]2C=C[C@@H]1C2. The first-order chi connectivity index (χ1) is 14.7. The van der Waals surface area contributed by atoms with Crippen molar-refractivity contribution in [3.8, 4) is 5.75 Å². The van der Waals surface area contributed by atoms with Crippen molar-refractivity contribution in [3.05, 3.63) is 82.4 Å². The van der Waals surface area contributed by atoms with E-state index in [2.05, 4.69) is 22.5 Å². The predicted molar refractivity (Wildman–Crippen MR) is 114 cm³/mol. The van der Waals surface area contributed by atoms with Gasteiger partial charge in [-0.15, -0.1) is 0 Å². The minimum absolute atomic E-state index is 0.0152. The Bertz CT molecular complexity index is 1200. The fraction of sp³-hybridized carbons (Fsp3) is 0.292. The number of aromatic amines is 1. The number of methoxy groups -OCH3 is 1. The Labute approximate surface area is 174 Å². The van der Waals surface area contributed by atoms with Crippen LogP contribution in [0.25, 0.3) is 10.9 Å². The van der Waals surface area contributed by atoms with Crippen molar-refractivity contribution in [1.29, 1.82) is 0 Å². The van der Waals surface area contributed by atoms with Crippen molar-refractivity contribution in [1.82, 2.24) is 15.3 Å². The topological polar surface area (TPSA) is 84.1 Å². The first-order valence-corrected chi connectivity index (χ1v) is 10.2. The molecule has 2 aliphatic carbocycles. The summed E-state index contributed by atoms with van der Waals surface area (Å²) in [6.45, 7) is 0.398. The van der Waals surface area contributed by atoms with E-state index in [1.54, 1.807) is 13.2 Å². The molecule has 0 radical (unpaired) electrons. The van der Waals surface area contributed by atoms with Gasteiger partial charge in [-0.3, -0.25) is 9.59 Å². The normalized spacial score (nSPS) is 24.3. The Balaban J connectivity index is 1.44. The highest BCUT2D eigenvalue weighted by atomic mass is 16.5. The minimum atomic E-state index is -0.251. The zero-order valence-electron chi connectivity index (χ0n) is 16.7. The lowest BCUT2D eigenvalue weighted by atomic mass is 9.81. The molecule has 1 heterocycles. The Morgan fingerprint density at radius 2 is 1.90 bits per heavy atom. The van der Waals surface area contributed by atoms with Crippen LogP contribution >= 0.6 is 0 Å². The highest BCUT2D eigenvalue weighted by Crippen LogP contribution is 2.52. The number of ether oxygens (including phenoxy) is 1. The van der Waals surface area contributed by atoms with Crippen LogP contribution in [-0.2, 0) is 11.3 Å². The van der Waals surface area contributed by atoms with E-state index in [0.29, 0.717) is 23.3 Å². The highest BCUT2D eigenvalue weighted by molar-refractivity contribution is 5.82. The highest BCUT2D eigenvalue weighted by Gasteiger charge is 2.49. The van der Waals surface area contributed by atoms with Crippen molar-refractivity contribution >= 4 is 16.8 Å². The molecule has 1 amide bonds. The Morgan fingerprint density at radius 3 is 2.77 bits per heavy atom. The van der Waals surface area contributed by atoms with Crippen LogP contribution in [0.15, 0.2) is 65.5 Å². The molecule has 5 rings (SSSR count). The van der Waals surface area contributed by atoms with E-state index in [0.717, 1.165) is 17.7 Å². The molecular weight excluding hydrogens is 378 g/mol. The molecule has 2 aromatic carbocycles. The van der Waals surface area contributed by atoms with E-state index >= 15 is 0 Å². The van der Waals surface area contributed by atoms with Gasteiger partial charge < -0.3 is 15.0 Å². The summed E-state index contributed by atoms with van der Waals surface area (Å²) < 4.78 is 5.38. The third-order valence-electron chi connectivity index (χ3n) is 6.35. The number of para-hydroxylation sites is 2. The maximum Gasteiger partial charge on any atom is 0.258 e. The number of nitrogens with one attached hydrogen (secondary N) is 2. The van der Waals surface area contributed by atoms with Gasteiger partial charge in [0.25, 0.3) is 5.56 Å². The van der Waals surface area contributed by atoms with Crippen molar-refractivity contribution < 1.29 is 9.53 Å². The third-order valence-corrected chi connectivity index (χ3v) is 6.35. The van der Waals surface area contributed by atoms with Crippen LogP contribution in [0.1, 0.15) is 23.7 Å². The van der Waals surface area contributed by atoms with E-state index in [9.17, 15) is 9.59 Å². The number of H-pyrrole nitrogens is 1. The third kappa shape index (κ3) is 3.09. The van der Waals surface area contributed by atoms with Gasteiger partial charge in [0, 0.05) is 18.0 Å². The lowest BCUT2D eigenvalue weighted by Crippen LogP contribution is -2.37. The number of carbonyl (C=O) groups excluding carboxylic acids is 1. The van der Waals surface area contributed by atoms with Gasteiger partial charge in [0.1, 0.15) is 11.6 Å². The molecule has 3 aromatic rings. The summed E-state index contributed by atoms with van der Waals surface area (Å²) in [6.07, 6.45) is 5.20. The van der Waals surface area contributed by atoms with Crippen LogP contribution in [0.3, 0.4) is 0 Å². The van der Waals surface area contributed by atoms with Crippen molar-refractivity contribution in [2.75, 3.05) is 7.11 Å².